The fourth-order valence-corrected chi connectivity index (χ4v) is 3.20. The van der Waals surface area contributed by atoms with Crippen LogP contribution in [0.2, 0.25) is 0 Å². The van der Waals surface area contributed by atoms with Gasteiger partial charge in [-0.2, -0.15) is 0 Å². The van der Waals surface area contributed by atoms with E-state index in [0.29, 0.717) is 25.4 Å². The van der Waals surface area contributed by atoms with Gasteiger partial charge in [0.15, 0.2) is 0 Å². The molecule has 0 saturated carbocycles. The lowest BCUT2D eigenvalue weighted by atomic mass is 9.93. The average Bonchev–Trinajstić information content (AvgIpc) is 2.86. The number of pyridine rings is 1. The predicted octanol–water partition coefficient (Wildman–Crippen LogP) is 0.418. The highest BCUT2D eigenvalue weighted by atomic mass is 16.2. The highest BCUT2D eigenvalue weighted by Gasteiger charge is 2.40. The molecule has 1 unspecified atom stereocenters. The van der Waals surface area contributed by atoms with E-state index in [9.17, 15) is 9.59 Å². The van der Waals surface area contributed by atoms with Crippen LogP contribution in [0.4, 0.5) is 0 Å². The van der Waals surface area contributed by atoms with Crippen molar-refractivity contribution in [1.29, 1.82) is 0 Å². The normalized spacial score (nSPS) is 21.9. The van der Waals surface area contributed by atoms with Crippen LogP contribution < -0.4 is 0 Å². The molecule has 3 heterocycles. The summed E-state index contributed by atoms with van der Waals surface area (Å²) in [6.45, 7) is 3.54. The molecule has 0 aliphatic carbocycles. The number of carbonyl (C=O) groups is 2. The summed E-state index contributed by atoms with van der Waals surface area (Å²) >= 11 is 0. The van der Waals surface area contributed by atoms with Crippen molar-refractivity contribution in [3.8, 4) is 0 Å². The van der Waals surface area contributed by atoms with Crippen LogP contribution in [0.3, 0.4) is 0 Å². The maximum atomic E-state index is 12.5. The molecule has 6 nitrogen and oxygen atoms in total. The van der Waals surface area contributed by atoms with Gasteiger partial charge in [-0.3, -0.25) is 14.6 Å². The summed E-state index contributed by atoms with van der Waals surface area (Å²) in [5, 5.41) is 0. The van der Waals surface area contributed by atoms with Crippen LogP contribution in [0.1, 0.15) is 18.0 Å². The molecular weight excluding hydrogens is 292 g/mol. The Labute approximate surface area is 137 Å². The first-order valence-electron chi connectivity index (χ1n) is 8.17. The van der Waals surface area contributed by atoms with Crippen molar-refractivity contribution in [3.05, 3.63) is 30.1 Å². The van der Waals surface area contributed by atoms with Gasteiger partial charge in [0.1, 0.15) is 0 Å². The second-order valence-corrected chi connectivity index (χ2v) is 6.74. The largest absolute Gasteiger partial charge is 0.341 e. The number of nitrogens with zero attached hydrogens (tertiary/aromatic N) is 4. The quantitative estimate of drug-likeness (QED) is 0.790. The Hall–Kier alpha value is -1.95. The van der Waals surface area contributed by atoms with E-state index in [-0.39, 0.29) is 17.7 Å². The Morgan fingerprint density at radius 3 is 2.74 bits per heavy atom. The van der Waals surface area contributed by atoms with E-state index >= 15 is 0 Å². The van der Waals surface area contributed by atoms with E-state index in [1.54, 1.807) is 6.20 Å². The zero-order valence-corrected chi connectivity index (χ0v) is 13.8. The Bertz CT molecular complexity index is 569. The SMILES string of the molecule is CN(C)CCN1CC(C(=O)N2CC(c3ccccn3)C2)CC1=O. The number of aromatic nitrogens is 1. The summed E-state index contributed by atoms with van der Waals surface area (Å²) in [4.78, 5) is 34.7. The zero-order chi connectivity index (χ0) is 16.4. The summed E-state index contributed by atoms with van der Waals surface area (Å²) in [5.74, 6) is 0.390. The Balaban J connectivity index is 1.49. The van der Waals surface area contributed by atoms with Crippen molar-refractivity contribution in [2.24, 2.45) is 5.92 Å². The molecule has 0 radical (unpaired) electrons. The van der Waals surface area contributed by atoms with Crippen LogP contribution in [0.15, 0.2) is 24.4 Å². The number of likely N-dealkylation sites (tertiary alicyclic amines) is 2. The van der Waals surface area contributed by atoms with E-state index in [1.165, 1.54) is 0 Å². The molecule has 1 atom stereocenters. The number of likely N-dealkylation sites (N-methyl/N-ethyl adjacent to an activating group) is 1. The van der Waals surface area contributed by atoms with Crippen molar-refractivity contribution < 1.29 is 9.59 Å². The smallest absolute Gasteiger partial charge is 0.228 e. The van der Waals surface area contributed by atoms with Gasteiger partial charge in [0.25, 0.3) is 0 Å². The zero-order valence-electron chi connectivity index (χ0n) is 13.8. The molecular formula is C17H24N4O2. The number of carbonyl (C=O) groups excluding carboxylic acids is 2. The Kier molecular flexibility index (Phi) is 4.61. The molecule has 6 heteroatoms. The molecule has 2 amide bonds. The van der Waals surface area contributed by atoms with Crippen molar-refractivity contribution >= 4 is 11.8 Å². The fourth-order valence-electron chi connectivity index (χ4n) is 3.20. The molecule has 124 valence electrons. The lowest BCUT2D eigenvalue weighted by Gasteiger charge is -2.40. The van der Waals surface area contributed by atoms with Gasteiger partial charge in [0, 0.05) is 57.0 Å². The summed E-state index contributed by atoms with van der Waals surface area (Å²) in [6, 6.07) is 5.89. The van der Waals surface area contributed by atoms with Gasteiger partial charge in [-0.15, -0.1) is 0 Å². The van der Waals surface area contributed by atoms with Crippen molar-refractivity contribution in [3.63, 3.8) is 0 Å². The van der Waals surface area contributed by atoms with E-state index in [0.717, 1.165) is 25.3 Å². The number of amides is 2. The lowest BCUT2D eigenvalue weighted by molar-refractivity contribution is -0.140. The number of hydrogen-bond donors (Lipinski definition) is 0. The molecule has 0 bridgehead atoms. The van der Waals surface area contributed by atoms with Gasteiger partial charge in [0.2, 0.25) is 11.8 Å². The monoisotopic (exact) mass is 316 g/mol. The molecule has 2 aliphatic heterocycles. The number of hydrogen-bond acceptors (Lipinski definition) is 4. The molecule has 1 aromatic rings. The third-order valence-electron chi connectivity index (χ3n) is 4.68. The molecule has 0 spiro atoms. The molecule has 1 aromatic heterocycles. The molecule has 2 saturated heterocycles. The lowest BCUT2D eigenvalue weighted by Crippen LogP contribution is -2.51. The van der Waals surface area contributed by atoms with E-state index in [4.69, 9.17) is 0 Å². The van der Waals surface area contributed by atoms with Crippen LogP contribution >= 0.6 is 0 Å². The van der Waals surface area contributed by atoms with E-state index < -0.39 is 0 Å². The van der Waals surface area contributed by atoms with Crippen LogP contribution in [-0.2, 0) is 9.59 Å². The van der Waals surface area contributed by atoms with Gasteiger partial charge in [-0.1, -0.05) is 6.07 Å². The molecule has 23 heavy (non-hydrogen) atoms. The molecule has 0 aromatic carbocycles. The van der Waals surface area contributed by atoms with Crippen molar-refractivity contribution in [1.82, 2.24) is 19.7 Å². The highest BCUT2D eigenvalue weighted by Crippen LogP contribution is 2.29. The summed E-state index contributed by atoms with van der Waals surface area (Å²) in [5.41, 5.74) is 1.05. The van der Waals surface area contributed by atoms with Crippen LogP contribution in [0, 0.1) is 5.92 Å². The third-order valence-corrected chi connectivity index (χ3v) is 4.68. The Morgan fingerprint density at radius 1 is 1.30 bits per heavy atom. The van der Waals surface area contributed by atoms with E-state index in [1.807, 2.05) is 42.1 Å². The average molecular weight is 316 g/mol. The minimum absolute atomic E-state index is 0.104. The van der Waals surface area contributed by atoms with Gasteiger partial charge in [0.05, 0.1) is 5.92 Å². The van der Waals surface area contributed by atoms with Crippen LogP contribution in [0.25, 0.3) is 0 Å². The Morgan fingerprint density at radius 2 is 2.09 bits per heavy atom. The molecule has 2 fully saturated rings. The first-order valence-corrected chi connectivity index (χ1v) is 8.17. The summed E-state index contributed by atoms with van der Waals surface area (Å²) in [7, 11) is 3.97. The maximum absolute atomic E-state index is 12.5. The summed E-state index contributed by atoms with van der Waals surface area (Å²) in [6.07, 6.45) is 2.15. The predicted molar refractivity (Wildman–Crippen MR) is 86.8 cm³/mol. The van der Waals surface area contributed by atoms with Gasteiger partial charge in [-0.25, -0.2) is 0 Å². The van der Waals surface area contributed by atoms with Crippen LogP contribution in [0.5, 0.6) is 0 Å². The highest BCUT2D eigenvalue weighted by molar-refractivity contribution is 5.89. The summed E-state index contributed by atoms with van der Waals surface area (Å²) < 4.78 is 0. The topological polar surface area (TPSA) is 56.8 Å². The van der Waals surface area contributed by atoms with Gasteiger partial charge in [-0.05, 0) is 26.2 Å². The third kappa shape index (κ3) is 3.52. The minimum Gasteiger partial charge on any atom is -0.341 e. The minimum atomic E-state index is -0.172. The van der Waals surface area contributed by atoms with Crippen LogP contribution in [-0.4, -0.2) is 78.3 Å². The van der Waals surface area contributed by atoms with Gasteiger partial charge >= 0.3 is 0 Å². The molecule has 3 rings (SSSR count). The second-order valence-electron chi connectivity index (χ2n) is 6.74. The first-order chi connectivity index (χ1) is 11.0. The molecule has 0 N–H and O–H groups in total. The molecule has 2 aliphatic rings. The number of rotatable bonds is 5. The van der Waals surface area contributed by atoms with Gasteiger partial charge < -0.3 is 14.7 Å². The fraction of sp³-hybridized carbons (Fsp3) is 0.588. The van der Waals surface area contributed by atoms with Crippen molar-refractivity contribution in [2.75, 3.05) is 46.8 Å². The first kappa shape index (κ1) is 15.9. The second kappa shape index (κ2) is 6.66. The maximum Gasteiger partial charge on any atom is 0.228 e. The standard InChI is InChI=1S/C17H24N4O2/c1-19(2)7-8-20-10-13(9-16(20)22)17(23)21-11-14(12-21)15-5-3-4-6-18-15/h3-6,13-14H,7-12H2,1-2H3. The van der Waals surface area contributed by atoms with Crippen molar-refractivity contribution in [2.45, 2.75) is 12.3 Å². The van der Waals surface area contributed by atoms with E-state index in [2.05, 4.69) is 9.88 Å².